The van der Waals surface area contributed by atoms with Crippen molar-refractivity contribution in [2.75, 3.05) is 18.7 Å². The fourth-order valence-electron chi connectivity index (χ4n) is 4.90. The molecule has 1 N–H and O–H groups in total. The molecule has 1 saturated heterocycles. The Morgan fingerprint density at radius 2 is 1.83 bits per heavy atom. The molecule has 1 aromatic heterocycles. The summed E-state index contributed by atoms with van der Waals surface area (Å²) < 4.78 is 39.3. The van der Waals surface area contributed by atoms with Crippen LogP contribution in [0.15, 0.2) is 41.3 Å². The predicted molar refractivity (Wildman–Crippen MR) is 129 cm³/mol. The van der Waals surface area contributed by atoms with Crippen molar-refractivity contribution in [3.63, 3.8) is 0 Å². The predicted octanol–water partition coefficient (Wildman–Crippen LogP) is 3.92. The molecule has 2 aromatic carbocycles. The molecule has 0 saturated carbocycles. The molecular weight excluding hydrogens is 488 g/mol. The fraction of sp³-hybridized carbons (Fsp3) is 0.375. The molecule has 0 bridgehead atoms. The summed E-state index contributed by atoms with van der Waals surface area (Å²) >= 11 is 1.12. The number of amides is 1. The zero-order valence-corrected chi connectivity index (χ0v) is 20.5. The number of aryl methyl sites for hydroxylation is 2. The maximum absolute atomic E-state index is 13.6. The lowest BCUT2D eigenvalue weighted by atomic mass is 9.92. The van der Waals surface area contributed by atoms with Gasteiger partial charge >= 0.3 is 0 Å². The van der Waals surface area contributed by atoms with E-state index in [1.54, 1.807) is 24.3 Å². The van der Waals surface area contributed by atoms with Crippen LogP contribution in [0.5, 0.6) is 11.5 Å². The largest absolute Gasteiger partial charge is 0.454 e. The van der Waals surface area contributed by atoms with Crippen LogP contribution in [0.2, 0.25) is 0 Å². The fourth-order valence-corrected chi connectivity index (χ4v) is 7.56. The number of anilines is 1. The van der Waals surface area contributed by atoms with Crippen molar-refractivity contribution in [3.05, 3.63) is 57.5 Å². The normalized spacial score (nSPS) is 19.5. The van der Waals surface area contributed by atoms with Crippen molar-refractivity contribution in [2.24, 2.45) is 0 Å². The van der Waals surface area contributed by atoms with Crippen LogP contribution in [-0.2, 0) is 22.9 Å². The lowest BCUT2D eigenvalue weighted by Crippen LogP contribution is -2.30. The van der Waals surface area contributed by atoms with Gasteiger partial charge in [-0.3, -0.25) is 4.79 Å². The summed E-state index contributed by atoms with van der Waals surface area (Å²) in [4.78, 5) is 13.1. The van der Waals surface area contributed by atoms with Crippen molar-refractivity contribution in [3.8, 4) is 11.5 Å². The van der Waals surface area contributed by atoms with E-state index in [2.05, 4.69) is 15.5 Å². The summed E-state index contributed by atoms with van der Waals surface area (Å²) in [5.74, 6) is 0.784. The number of carbonyl (C=O) groups excluding carboxylic acids is 1. The van der Waals surface area contributed by atoms with Gasteiger partial charge < -0.3 is 14.8 Å². The molecular formula is C24H24N4O5S2. The Bertz CT molecular complexity index is 1400. The van der Waals surface area contributed by atoms with E-state index in [1.807, 2.05) is 12.1 Å². The average Bonchev–Trinajstić information content (AvgIpc) is 3.63. The molecule has 1 amide bonds. The molecule has 182 valence electrons. The van der Waals surface area contributed by atoms with Gasteiger partial charge in [0.25, 0.3) is 5.91 Å². The number of carbonyl (C=O) groups is 1. The summed E-state index contributed by atoms with van der Waals surface area (Å²) in [6.45, 7) is 0.571. The van der Waals surface area contributed by atoms with Gasteiger partial charge in [-0.05, 0) is 73.9 Å². The number of fused-ring (bicyclic) bond motifs is 2. The highest BCUT2D eigenvalue weighted by atomic mass is 32.2. The lowest BCUT2D eigenvalue weighted by Gasteiger charge is -2.23. The van der Waals surface area contributed by atoms with E-state index in [0.717, 1.165) is 49.0 Å². The number of sulfonamides is 1. The van der Waals surface area contributed by atoms with E-state index < -0.39 is 22.0 Å². The van der Waals surface area contributed by atoms with Crippen LogP contribution < -0.4 is 14.8 Å². The van der Waals surface area contributed by atoms with E-state index in [0.29, 0.717) is 40.1 Å². The van der Waals surface area contributed by atoms with Gasteiger partial charge in [-0.25, -0.2) is 8.42 Å². The van der Waals surface area contributed by atoms with Gasteiger partial charge in [0.05, 0.1) is 10.9 Å². The van der Waals surface area contributed by atoms with Crippen molar-refractivity contribution < 1.29 is 22.7 Å². The van der Waals surface area contributed by atoms with Gasteiger partial charge in [-0.2, -0.15) is 4.31 Å². The maximum atomic E-state index is 13.6. The molecule has 11 heteroatoms. The minimum Gasteiger partial charge on any atom is -0.454 e. The second-order valence-corrected chi connectivity index (χ2v) is 11.8. The number of aromatic nitrogens is 2. The minimum absolute atomic E-state index is 0.152. The van der Waals surface area contributed by atoms with E-state index in [1.165, 1.54) is 9.87 Å². The number of benzene rings is 2. The molecule has 1 unspecified atom stereocenters. The van der Waals surface area contributed by atoms with Crippen LogP contribution in [0.4, 0.5) is 5.69 Å². The molecule has 6 rings (SSSR count). The van der Waals surface area contributed by atoms with Crippen LogP contribution >= 0.6 is 11.3 Å². The molecule has 1 fully saturated rings. The van der Waals surface area contributed by atoms with Gasteiger partial charge in [0.2, 0.25) is 21.8 Å². The summed E-state index contributed by atoms with van der Waals surface area (Å²) in [7, 11) is -3.69. The van der Waals surface area contributed by atoms with Crippen LogP contribution in [0.1, 0.15) is 57.7 Å². The van der Waals surface area contributed by atoms with E-state index >= 15 is 0 Å². The third kappa shape index (κ3) is 4.17. The topological polar surface area (TPSA) is 111 Å². The number of nitrogens with zero attached hydrogens (tertiary/aromatic N) is 3. The Labute approximate surface area is 207 Å². The SMILES string of the molecule is O=C(Nc1ccc2c(c1)OCO2)c1nnc(C2CCCN2S(=O)(=O)c2ccc3c(c2)CCCC3)s1. The number of hydrogen-bond donors (Lipinski definition) is 1. The molecule has 2 aliphatic heterocycles. The first-order valence-corrected chi connectivity index (χ1v) is 13.9. The van der Waals surface area contributed by atoms with Gasteiger partial charge in [0.1, 0.15) is 5.01 Å². The molecule has 9 nitrogen and oxygen atoms in total. The van der Waals surface area contributed by atoms with Gasteiger partial charge in [0, 0.05) is 18.3 Å². The van der Waals surface area contributed by atoms with Crippen molar-refractivity contribution >= 4 is 33.0 Å². The second-order valence-electron chi connectivity index (χ2n) is 8.88. The summed E-state index contributed by atoms with van der Waals surface area (Å²) in [6, 6.07) is 10.2. The molecule has 0 spiro atoms. The molecule has 1 aliphatic carbocycles. The van der Waals surface area contributed by atoms with Crippen LogP contribution in [0, 0.1) is 0 Å². The Hall–Kier alpha value is -3.02. The average molecular weight is 513 g/mol. The number of hydrogen-bond acceptors (Lipinski definition) is 8. The molecule has 3 aromatic rings. The standard InChI is InChI=1S/C24H24N4O5S2/c29-22(25-17-8-10-20-21(13-17)33-14-32-20)24-27-26-23(34-24)19-6-3-11-28(19)35(30,31)18-9-7-15-4-1-2-5-16(15)12-18/h7-10,12-13,19H,1-6,11,14H2,(H,25,29). The maximum Gasteiger partial charge on any atom is 0.286 e. The Balaban J connectivity index is 1.21. The molecule has 35 heavy (non-hydrogen) atoms. The molecule has 3 heterocycles. The van der Waals surface area contributed by atoms with E-state index in [9.17, 15) is 13.2 Å². The Kier molecular flexibility index (Phi) is 5.70. The van der Waals surface area contributed by atoms with Crippen LogP contribution in [-0.4, -0.2) is 42.2 Å². The highest BCUT2D eigenvalue weighted by molar-refractivity contribution is 7.89. The third-order valence-corrected chi connectivity index (χ3v) is 9.61. The van der Waals surface area contributed by atoms with E-state index in [4.69, 9.17) is 9.47 Å². The third-order valence-electron chi connectivity index (χ3n) is 6.68. The number of ether oxygens (including phenoxy) is 2. The second kappa shape index (κ2) is 8.89. The van der Waals surface area contributed by atoms with E-state index in [-0.39, 0.29) is 11.8 Å². The molecule has 1 atom stereocenters. The van der Waals surface area contributed by atoms with Crippen LogP contribution in [0.25, 0.3) is 0 Å². The Morgan fingerprint density at radius 3 is 2.71 bits per heavy atom. The minimum atomic E-state index is -3.69. The highest BCUT2D eigenvalue weighted by Gasteiger charge is 2.38. The monoisotopic (exact) mass is 512 g/mol. The van der Waals surface area contributed by atoms with Crippen molar-refractivity contribution in [1.29, 1.82) is 0 Å². The van der Waals surface area contributed by atoms with Gasteiger partial charge in [0.15, 0.2) is 11.5 Å². The summed E-state index contributed by atoms with van der Waals surface area (Å²) in [6.07, 6.45) is 5.53. The van der Waals surface area contributed by atoms with Crippen molar-refractivity contribution in [1.82, 2.24) is 14.5 Å². The van der Waals surface area contributed by atoms with Crippen molar-refractivity contribution in [2.45, 2.75) is 49.5 Å². The summed E-state index contributed by atoms with van der Waals surface area (Å²) in [5, 5.41) is 11.8. The lowest BCUT2D eigenvalue weighted by molar-refractivity contribution is 0.102. The van der Waals surface area contributed by atoms with Gasteiger partial charge in [-0.15, -0.1) is 10.2 Å². The zero-order chi connectivity index (χ0) is 24.0. The Morgan fingerprint density at radius 1 is 1.00 bits per heavy atom. The number of nitrogens with one attached hydrogen (secondary N) is 1. The first kappa shape index (κ1) is 22.4. The zero-order valence-electron chi connectivity index (χ0n) is 18.9. The first-order valence-electron chi connectivity index (χ1n) is 11.7. The van der Waals surface area contributed by atoms with Crippen LogP contribution in [0.3, 0.4) is 0 Å². The molecule has 3 aliphatic rings. The highest BCUT2D eigenvalue weighted by Crippen LogP contribution is 2.39. The first-order chi connectivity index (χ1) is 17.0. The quantitative estimate of drug-likeness (QED) is 0.552. The summed E-state index contributed by atoms with van der Waals surface area (Å²) in [5.41, 5.74) is 2.93. The molecule has 0 radical (unpaired) electrons. The van der Waals surface area contributed by atoms with Gasteiger partial charge in [-0.1, -0.05) is 17.4 Å². The smallest absolute Gasteiger partial charge is 0.286 e. The number of rotatable bonds is 5.